The zero-order chi connectivity index (χ0) is 12.8. The van der Waals surface area contributed by atoms with Gasteiger partial charge in [0.15, 0.2) is 0 Å². The molecule has 90 valence electrons. The fourth-order valence-electron chi connectivity index (χ4n) is 2.64. The number of rotatable bonds is 0. The van der Waals surface area contributed by atoms with E-state index in [4.69, 9.17) is 0 Å². The molecule has 0 aliphatic carbocycles. The van der Waals surface area contributed by atoms with Crippen LogP contribution in [0.5, 0.6) is 0 Å². The molecule has 2 aromatic heterocycles. The van der Waals surface area contributed by atoms with Crippen LogP contribution in [0.2, 0.25) is 0 Å². The Balaban J connectivity index is 2.52. The number of benzene rings is 2. The van der Waals surface area contributed by atoms with E-state index >= 15 is 0 Å². The standard InChI is InChI=1S/C16H10N2O/c19-15-9-10-17-16-13-7-2-1-5-11(13)12-6-3-4-8-14(12)18(15)16/h1-10H. The molecule has 0 atom stereocenters. The van der Waals surface area contributed by atoms with Crippen LogP contribution in [0.1, 0.15) is 0 Å². The molecule has 0 amide bonds. The van der Waals surface area contributed by atoms with Gasteiger partial charge < -0.3 is 0 Å². The van der Waals surface area contributed by atoms with Crippen molar-refractivity contribution in [2.24, 2.45) is 0 Å². The first kappa shape index (κ1) is 10.3. The van der Waals surface area contributed by atoms with E-state index in [1.165, 1.54) is 6.07 Å². The minimum absolute atomic E-state index is 0.0491. The smallest absolute Gasteiger partial charge is 0.258 e. The van der Waals surface area contributed by atoms with E-state index < -0.39 is 0 Å². The quantitative estimate of drug-likeness (QED) is 0.447. The molecule has 0 bridgehead atoms. The Labute approximate surface area is 108 Å². The largest absolute Gasteiger partial charge is 0.269 e. The molecule has 3 nitrogen and oxygen atoms in total. The third-order valence-corrected chi connectivity index (χ3v) is 3.45. The summed E-state index contributed by atoms with van der Waals surface area (Å²) in [6.45, 7) is 0. The lowest BCUT2D eigenvalue weighted by Crippen LogP contribution is -2.14. The van der Waals surface area contributed by atoms with Crippen molar-refractivity contribution in [1.82, 2.24) is 9.38 Å². The van der Waals surface area contributed by atoms with Crippen LogP contribution in [-0.2, 0) is 0 Å². The summed E-state index contributed by atoms with van der Waals surface area (Å²) in [7, 11) is 0. The Morgan fingerprint density at radius 2 is 1.47 bits per heavy atom. The molecule has 2 heterocycles. The molecule has 0 radical (unpaired) electrons. The van der Waals surface area contributed by atoms with Crippen molar-refractivity contribution in [2.75, 3.05) is 0 Å². The number of hydrogen-bond acceptors (Lipinski definition) is 2. The number of hydrogen-bond donors (Lipinski definition) is 0. The minimum Gasteiger partial charge on any atom is -0.269 e. The summed E-state index contributed by atoms with van der Waals surface area (Å²) in [5.41, 5.74) is 1.56. The Kier molecular flexibility index (Phi) is 1.97. The highest BCUT2D eigenvalue weighted by atomic mass is 16.1. The van der Waals surface area contributed by atoms with Gasteiger partial charge in [-0.3, -0.25) is 9.20 Å². The molecule has 3 heteroatoms. The maximum Gasteiger partial charge on any atom is 0.258 e. The van der Waals surface area contributed by atoms with Crippen molar-refractivity contribution >= 4 is 27.3 Å². The van der Waals surface area contributed by atoms with Crippen LogP contribution < -0.4 is 5.56 Å². The number of pyridine rings is 1. The van der Waals surface area contributed by atoms with E-state index in [1.54, 1.807) is 10.6 Å². The summed E-state index contributed by atoms with van der Waals surface area (Å²) in [4.78, 5) is 16.5. The first-order valence-electron chi connectivity index (χ1n) is 6.13. The van der Waals surface area contributed by atoms with Crippen molar-refractivity contribution in [2.45, 2.75) is 0 Å². The minimum atomic E-state index is -0.0491. The van der Waals surface area contributed by atoms with Gasteiger partial charge in [-0.2, -0.15) is 0 Å². The maximum absolute atomic E-state index is 12.2. The molecule has 4 rings (SSSR count). The molecule has 2 aromatic carbocycles. The Morgan fingerprint density at radius 3 is 2.32 bits per heavy atom. The van der Waals surface area contributed by atoms with Gasteiger partial charge in [-0.25, -0.2) is 4.98 Å². The van der Waals surface area contributed by atoms with E-state index in [0.29, 0.717) is 5.65 Å². The zero-order valence-corrected chi connectivity index (χ0v) is 10.1. The normalized spacial score (nSPS) is 11.4. The van der Waals surface area contributed by atoms with Crippen LogP contribution in [0, 0.1) is 0 Å². The molecular formula is C16H10N2O. The fraction of sp³-hybridized carbons (Fsp3) is 0. The van der Waals surface area contributed by atoms with Gasteiger partial charge in [0.2, 0.25) is 0 Å². The second kappa shape index (κ2) is 3.65. The van der Waals surface area contributed by atoms with E-state index in [-0.39, 0.29) is 5.56 Å². The number of nitrogens with zero attached hydrogens (tertiary/aromatic N) is 2. The van der Waals surface area contributed by atoms with Gasteiger partial charge in [0.05, 0.1) is 5.52 Å². The first-order chi connectivity index (χ1) is 9.36. The van der Waals surface area contributed by atoms with Gasteiger partial charge in [-0.1, -0.05) is 42.5 Å². The van der Waals surface area contributed by atoms with Crippen molar-refractivity contribution in [3.8, 4) is 0 Å². The lowest BCUT2D eigenvalue weighted by Gasteiger charge is -2.09. The van der Waals surface area contributed by atoms with Crippen LogP contribution >= 0.6 is 0 Å². The lowest BCUT2D eigenvalue weighted by atomic mass is 10.1. The van der Waals surface area contributed by atoms with Gasteiger partial charge >= 0.3 is 0 Å². The third-order valence-electron chi connectivity index (χ3n) is 3.45. The fourth-order valence-corrected chi connectivity index (χ4v) is 2.64. The summed E-state index contributed by atoms with van der Waals surface area (Å²) in [5.74, 6) is 0. The van der Waals surface area contributed by atoms with Gasteiger partial charge in [-0.15, -0.1) is 0 Å². The summed E-state index contributed by atoms with van der Waals surface area (Å²) >= 11 is 0. The molecule has 0 spiro atoms. The highest BCUT2D eigenvalue weighted by Gasteiger charge is 2.08. The molecule has 0 unspecified atom stereocenters. The number of fused-ring (bicyclic) bond motifs is 6. The van der Waals surface area contributed by atoms with Crippen molar-refractivity contribution in [1.29, 1.82) is 0 Å². The number of aromatic nitrogens is 2. The third kappa shape index (κ3) is 1.32. The predicted octanol–water partition coefficient (Wildman–Crippen LogP) is 3.00. The topological polar surface area (TPSA) is 34.4 Å². The second-order valence-electron chi connectivity index (χ2n) is 4.50. The van der Waals surface area contributed by atoms with Gasteiger partial charge in [0.1, 0.15) is 5.65 Å². The highest BCUT2D eigenvalue weighted by Crippen LogP contribution is 2.26. The van der Waals surface area contributed by atoms with E-state index in [0.717, 1.165) is 21.7 Å². The Bertz CT molecular complexity index is 941. The van der Waals surface area contributed by atoms with E-state index in [9.17, 15) is 4.79 Å². The van der Waals surface area contributed by atoms with Crippen molar-refractivity contribution in [3.05, 3.63) is 71.1 Å². The lowest BCUT2D eigenvalue weighted by molar-refractivity contribution is 1.10. The summed E-state index contributed by atoms with van der Waals surface area (Å²) in [6, 6.07) is 17.5. The summed E-state index contributed by atoms with van der Waals surface area (Å²) in [5, 5.41) is 3.19. The SMILES string of the molecule is O=c1ccnc2c3ccccc3c3ccccc3n12. The van der Waals surface area contributed by atoms with E-state index in [2.05, 4.69) is 11.1 Å². The molecule has 0 saturated heterocycles. The van der Waals surface area contributed by atoms with Gasteiger partial charge in [0.25, 0.3) is 5.56 Å². The van der Waals surface area contributed by atoms with Gasteiger partial charge in [0, 0.05) is 23.0 Å². The highest BCUT2D eigenvalue weighted by molar-refractivity contribution is 6.11. The number of para-hydroxylation sites is 1. The van der Waals surface area contributed by atoms with E-state index in [1.807, 2.05) is 42.5 Å². The van der Waals surface area contributed by atoms with Crippen LogP contribution in [0.4, 0.5) is 0 Å². The maximum atomic E-state index is 12.2. The average molecular weight is 246 g/mol. The second-order valence-corrected chi connectivity index (χ2v) is 4.50. The first-order valence-corrected chi connectivity index (χ1v) is 6.13. The molecule has 0 N–H and O–H groups in total. The monoisotopic (exact) mass is 246 g/mol. The predicted molar refractivity (Wildman–Crippen MR) is 76.5 cm³/mol. The zero-order valence-electron chi connectivity index (χ0n) is 10.1. The molecule has 19 heavy (non-hydrogen) atoms. The summed E-state index contributed by atoms with van der Waals surface area (Å²) in [6.07, 6.45) is 1.57. The molecule has 4 aromatic rings. The van der Waals surface area contributed by atoms with Gasteiger partial charge in [-0.05, 0) is 11.5 Å². The van der Waals surface area contributed by atoms with Crippen LogP contribution in [0.25, 0.3) is 27.3 Å². The molecule has 0 aliphatic rings. The average Bonchev–Trinajstić information content (AvgIpc) is 2.47. The van der Waals surface area contributed by atoms with Crippen molar-refractivity contribution in [3.63, 3.8) is 0 Å². The molecule has 0 fully saturated rings. The summed E-state index contributed by atoms with van der Waals surface area (Å²) < 4.78 is 1.68. The Morgan fingerprint density at radius 1 is 0.789 bits per heavy atom. The molecular weight excluding hydrogens is 236 g/mol. The van der Waals surface area contributed by atoms with Crippen LogP contribution in [0.3, 0.4) is 0 Å². The molecule has 0 aliphatic heterocycles. The van der Waals surface area contributed by atoms with Crippen LogP contribution in [-0.4, -0.2) is 9.38 Å². The Hall–Kier alpha value is -2.68. The van der Waals surface area contributed by atoms with Crippen molar-refractivity contribution < 1.29 is 0 Å². The van der Waals surface area contributed by atoms with Crippen LogP contribution in [0.15, 0.2) is 65.6 Å². The molecule has 0 saturated carbocycles.